The van der Waals surface area contributed by atoms with Crippen molar-refractivity contribution in [3.05, 3.63) is 35.9 Å². The first-order valence-corrected chi connectivity index (χ1v) is 5.20. The number of carbonyl (C=O) groups excluding carboxylic acids is 4. The largest absolute Gasteiger partial charge is 0.463 e. The van der Waals surface area contributed by atoms with Crippen LogP contribution in [0, 0.1) is 0 Å². The molecule has 19 heavy (non-hydrogen) atoms. The summed E-state index contributed by atoms with van der Waals surface area (Å²) in [6.45, 7) is 1.16. The third kappa shape index (κ3) is 6.11. The molecule has 0 saturated carbocycles. The van der Waals surface area contributed by atoms with Crippen molar-refractivity contribution in [2.24, 2.45) is 0 Å². The Morgan fingerprint density at radius 1 is 0.842 bits per heavy atom. The first-order chi connectivity index (χ1) is 8.93. The molecule has 6 heteroatoms. The molecule has 0 aliphatic carbocycles. The van der Waals surface area contributed by atoms with Crippen molar-refractivity contribution in [1.82, 2.24) is 0 Å². The van der Waals surface area contributed by atoms with E-state index in [4.69, 9.17) is 0 Å². The number of rotatable bonds is 3. The number of ether oxygens (including phenoxy) is 2. The lowest BCUT2D eigenvalue weighted by molar-refractivity contribution is -0.150. The molecule has 0 unspecified atom stereocenters. The van der Waals surface area contributed by atoms with Gasteiger partial charge in [-0.15, -0.1) is 0 Å². The number of methoxy groups -OCH3 is 2. The highest BCUT2D eigenvalue weighted by molar-refractivity contribution is 6.40. The van der Waals surface area contributed by atoms with Gasteiger partial charge in [0.1, 0.15) is 0 Å². The molecule has 102 valence electrons. The van der Waals surface area contributed by atoms with Crippen molar-refractivity contribution in [2.45, 2.75) is 6.92 Å². The van der Waals surface area contributed by atoms with Crippen molar-refractivity contribution in [3.63, 3.8) is 0 Å². The van der Waals surface area contributed by atoms with Crippen LogP contribution >= 0.6 is 0 Å². The maximum atomic E-state index is 11.1. The van der Waals surface area contributed by atoms with Gasteiger partial charge in [-0.1, -0.05) is 30.3 Å². The summed E-state index contributed by atoms with van der Waals surface area (Å²) in [6, 6.07) is 8.29. The molecule has 0 aromatic heterocycles. The Hall–Kier alpha value is -2.50. The van der Waals surface area contributed by atoms with E-state index in [0.717, 1.165) is 6.92 Å². The van der Waals surface area contributed by atoms with Gasteiger partial charge in [-0.2, -0.15) is 0 Å². The molecule has 0 bridgehead atoms. The zero-order valence-electron chi connectivity index (χ0n) is 10.8. The van der Waals surface area contributed by atoms with Crippen molar-refractivity contribution in [1.29, 1.82) is 0 Å². The summed E-state index contributed by atoms with van der Waals surface area (Å²) in [5.41, 5.74) is 0.351. The van der Waals surface area contributed by atoms with E-state index in [9.17, 15) is 19.2 Å². The van der Waals surface area contributed by atoms with E-state index in [2.05, 4.69) is 9.47 Å². The number of ketones is 2. The van der Waals surface area contributed by atoms with E-state index in [1.807, 2.05) is 0 Å². The summed E-state index contributed by atoms with van der Waals surface area (Å²) in [4.78, 5) is 41.7. The Morgan fingerprint density at radius 2 is 1.32 bits per heavy atom. The third-order valence-electron chi connectivity index (χ3n) is 1.88. The molecule has 0 atom stereocenters. The van der Waals surface area contributed by atoms with Gasteiger partial charge in [-0.05, 0) is 0 Å². The van der Waals surface area contributed by atoms with Crippen LogP contribution in [0.1, 0.15) is 17.3 Å². The van der Waals surface area contributed by atoms with Crippen LogP contribution < -0.4 is 0 Å². The lowest BCUT2D eigenvalue weighted by Gasteiger charge is -1.96. The summed E-state index contributed by atoms with van der Waals surface area (Å²) >= 11 is 0. The lowest BCUT2D eigenvalue weighted by atomic mass is 10.1. The zero-order chi connectivity index (χ0) is 14.8. The number of esters is 2. The van der Waals surface area contributed by atoms with E-state index in [-0.39, 0.29) is 0 Å². The number of Topliss-reactive ketones (excluding diaryl/α,β-unsaturated/α-hetero) is 2. The van der Waals surface area contributed by atoms with Crippen molar-refractivity contribution >= 4 is 23.5 Å². The van der Waals surface area contributed by atoms with E-state index in [1.165, 1.54) is 14.2 Å². The van der Waals surface area contributed by atoms with Gasteiger partial charge >= 0.3 is 11.9 Å². The molecule has 6 nitrogen and oxygen atoms in total. The number of carbonyl (C=O) groups is 4. The molecular formula is C13H14O6. The van der Waals surface area contributed by atoms with Crippen LogP contribution in [0.25, 0.3) is 0 Å². The van der Waals surface area contributed by atoms with Gasteiger partial charge in [-0.3, -0.25) is 9.59 Å². The van der Waals surface area contributed by atoms with Crippen LogP contribution in [0.4, 0.5) is 0 Å². The normalized spacial score (nSPS) is 8.58. The molecule has 0 heterocycles. The highest BCUT2D eigenvalue weighted by Gasteiger charge is 2.15. The van der Waals surface area contributed by atoms with Gasteiger partial charge in [0.25, 0.3) is 5.78 Å². The van der Waals surface area contributed by atoms with Gasteiger partial charge in [0, 0.05) is 12.5 Å². The number of benzene rings is 1. The fourth-order valence-electron chi connectivity index (χ4n) is 0.944. The standard InChI is InChI=1S/C9H8O3.C4H6O3/c1-12-9(11)8(10)7-5-3-2-4-6-7;1-3(5)4(6)7-2/h2-6H,1H3;1-2H3. The Morgan fingerprint density at radius 3 is 1.63 bits per heavy atom. The van der Waals surface area contributed by atoms with Crippen LogP contribution in [-0.2, 0) is 23.9 Å². The van der Waals surface area contributed by atoms with Crippen LogP contribution in [0.3, 0.4) is 0 Å². The molecule has 1 aromatic carbocycles. The second-order valence-electron chi connectivity index (χ2n) is 3.23. The summed E-state index contributed by atoms with van der Waals surface area (Å²) in [7, 11) is 2.35. The molecule has 1 aromatic rings. The molecule has 0 radical (unpaired) electrons. The van der Waals surface area contributed by atoms with Crippen LogP contribution in [0.15, 0.2) is 30.3 Å². The van der Waals surface area contributed by atoms with Gasteiger partial charge in [0.15, 0.2) is 0 Å². The predicted molar refractivity (Wildman–Crippen MR) is 65.5 cm³/mol. The first kappa shape index (κ1) is 16.5. The highest BCUT2D eigenvalue weighted by Crippen LogP contribution is 2.00. The Labute approximate surface area is 110 Å². The molecule has 0 amide bonds. The quantitative estimate of drug-likeness (QED) is 0.456. The maximum Gasteiger partial charge on any atom is 0.379 e. The monoisotopic (exact) mass is 266 g/mol. The highest BCUT2D eigenvalue weighted by atomic mass is 16.5. The topological polar surface area (TPSA) is 86.7 Å². The molecule has 0 saturated heterocycles. The summed E-state index contributed by atoms with van der Waals surface area (Å²) < 4.78 is 8.30. The average Bonchev–Trinajstić information content (AvgIpc) is 2.46. The summed E-state index contributed by atoms with van der Waals surface area (Å²) in [5.74, 6) is -2.80. The summed E-state index contributed by atoms with van der Waals surface area (Å²) in [5, 5.41) is 0. The van der Waals surface area contributed by atoms with E-state index in [0.29, 0.717) is 5.56 Å². The molecule has 0 spiro atoms. The van der Waals surface area contributed by atoms with Gasteiger partial charge in [0.05, 0.1) is 14.2 Å². The summed E-state index contributed by atoms with van der Waals surface area (Å²) in [6.07, 6.45) is 0. The third-order valence-corrected chi connectivity index (χ3v) is 1.88. The minimum atomic E-state index is -0.832. The Kier molecular flexibility index (Phi) is 7.44. The fraction of sp³-hybridized carbons (Fsp3) is 0.231. The molecular weight excluding hydrogens is 252 g/mol. The number of hydrogen-bond donors (Lipinski definition) is 0. The second kappa shape index (κ2) is 8.57. The Balaban J connectivity index is 0.000000399. The fourth-order valence-corrected chi connectivity index (χ4v) is 0.944. The number of hydrogen-bond acceptors (Lipinski definition) is 6. The minimum Gasteiger partial charge on any atom is -0.463 e. The lowest BCUT2D eigenvalue weighted by Crippen LogP contribution is -2.15. The minimum absolute atomic E-state index is 0.351. The van der Waals surface area contributed by atoms with Gasteiger partial charge in [0.2, 0.25) is 5.78 Å². The van der Waals surface area contributed by atoms with Crippen LogP contribution in [0.2, 0.25) is 0 Å². The zero-order valence-corrected chi connectivity index (χ0v) is 10.8. The van der Waals surface area contributed by atoms with Crippen molar-refractivity contribution in [3.8, 4) is 0 Å². The van der Waals surface area contributed by atoms with Crippen LogP contribution in [0.5, 0.6) is 0 Å². The smallest absolute Gasteiger partial charge is 0.379 e. The predicted octanol–water partition coefficient (Wildman–Crippen LogP) is 0.791. The molecule has 0 N–H and O–H groups in total. The molecule has 0 aliphatic heterocycles. The Bertz CT molecular complexity index is 463. The van der Waals surface area contributed by atoms with E-state index in [1.54, 1.807) is 30.3 Å². The second-order valence-corrected chi connectivity index (χ2v) is 3.23. The van der Waals surface area contributed by atoms with Crippen molar-refractivity contribution < 1.29 is 28.7 Å². The van der Waals surface area contributed by atoms with E-state index < -0.39 is 23.5 Å². The van der Waals surface area contributed by atoms with E-state index >= 15 is 0 Å². The molecule has 0 aliphatic rings. The van der Waals surface area contributed by atoms with Crippen LogP contribution in [-0.4, -0.2) is 37.7 Å². The average molecular weight is 266 g/mol. The SMILES string of the molecule is COC(=O)C(=O)c1ccccc1.COC(=O)C(C)=O. The van der Waals surface area contributed by atoms with Crippen molar-refractivity contribution in [2.75, 3.05) is 14.2 Å². The maximum absolute atomic E-state index is 11.1. The first-order valence-electron chi connectivity index (χ1n) is 5.20. The van der Waals surface area contributed by atoms with Gasteiger partial charge in [-0.25, -0.2) is 9.59 Å². The molecule has 1 rings (SSSR count). The molecule has 0 fully saturated rings. The van der Waals surface area contributed by atoms with Gasteiger partial charge < -0.3 is 9.47 Å².